The number of carbonyl (C=O) groups excluding carboxylic acids is 1. The summed E-state index contributed by atoms with van der Waals surface area (Å²) in [5, 5.41) is 21.5. The molecule has 0 heterocycles. The number of rotatable bonds is 5. The standard InChI is InChI=1S/C20H20N2O3/c21-12-14-7-9-17(10-8-14)25-18-5-1-3-15(11-18)20(24)22-13-16-4-2-6-19(16)23/h1,3,5,7-11,16,19,23H,2,4,6,13H2,(H,22,24). The largest absolute Gasteiger partial charge is 0.457 e. The minimum atomic E-state index is -0.314. The smallest absolute Gasteiger partial charge is 0.251 e. The molecule has 5 nitrogen and oxygen atoms in total. The summed E-state index contributed by atoms with van der Waals surface area (Å²) in [6, 6.07) is 15.8. The van der Waals surface area contributed by atoms with Crippen LogP contribution >= 0.6 is 0 Å². The Balaban J connectivity index is 1.62. The Morgan fingerprint density at radius 3 is 2.68 bits per heavy atom. The van der Waals surface area contributed by atoms with Gasteiger partial charge in [0.2, 0.25) is 0 Å². The molecule has 2 unspecified atom stereocenters. The quantitative estimate of drug-likeness (QED) is 0.878. The average molecular weight is 336 g/mol. The summed E-state index contributed by atoms with van der Waals surface area (Å²) in [4.78, 5) is 12.3. The van der Waals surface area contributed by atoms with Crippen molar-refractivity contribution < 1.29 is 14.6 Å². The van der Waals surface area contributed by atoms with E-state index in [-0.39, 0.29) is 17.9 Å². The minimum Gasteiger partial charge on any atom is -0.457 e. The SMILES string of the molecule is N#Cc1ccc(Oc2cccc(C(=O)NCC3CCCC3O)c2)cc1. The molecule has 0 spiro atoms. The molecule has 0 bridgehead atoms. The second-order valence-corrected chi connectivity index (χ2v) is 6.23. The van der Waals surface area contributed by atoms with Crippen molar-refractivity contribution in [3.63, 3.8) is 0 Å². The van der Waals surface area contributed by atoms with Crippen LogP contribution < -0.4 is 10.1 Å². The number of nitrogens with zero attached hydrogens (tertiary/aromatic N) is 1. The fourth-order valence-electron chi connectivity index (χ4n) is 3.02. The van der Waals surface area contributed by atoms with Gasteiger partial charge in [-0.25, -0.2) is 0 Å². The highest BCUT2D eigenvalue weighted by Gasteiger charge is 2.25. The van der Waals surface area contributed by atoms with Gasteiger partial charge in [0.15, 0.2) is 0 Å². The van der Waals surface area contributed by atoms with E-state index in [4.69, 9.17) is 10.00 Å². The number of aliphatic hydroxyl groups excluding tert-OH is 1. The van der Waals surface area contributed by atoms with E-state index in [1.54, 1.807) is 48.5 Å². The Labute approximate surface area is 146 Å². The van der Waals surface area contributed by atoms with Gasteiger partial charge in [0.05, 0.1) is 17.7 Å². The third kappa shape index (κ3) is 4.37. The summed E-state index contributed by atoms with van der Waals surface area (Å²) < 4.78 is 5.73. The Morgan fingerprint density at radius 2 is 2.00 bits per heavy atom. The maximum Gasteiger partial charge on any atom is 0.251 e. The van der Waals surface area contributed by atoms with E-state index in [9.17, 15) is 9.90 Å². The van der Waals surface area contributed by atoms with E-state index < -0.39 is 0 Å². The molecule has 2 aromatic rings. The molecule has 25 heavy (non-hydrogen) atoms. The van der Waals surface area contributed by atoms with Crippen LogP contribution in [0, 0.1) is 17.2 Å². The number of nitriles is 1. The van der Waals surface area contributed by atoms with Crippen LogP contribution in [0.5, 0.6) is 11.5 Å². The molecular formula is C20H20N2O3. The van der Waals surface area contributed by atoms with Gasteiger partial charge in [0.25, 0.3) is 5.91 Å². The zero-order valence-corrected chi connectivity index (χ0v) is 13.8. The lowest BCUT2D eigenvalue weighted by Crippen LogP contribution is -2.32. The molecule has 0 aliphatic heterocycles. The monoisotopic (exact) mass is 336 g/mol. The highest BCUT2D eigenvalue weighted by Crippen LogP contribution is 2.25. The first-order valence-electron chi connectivity index (χ1n) is 8.40. The van der Waals surface area contributed by atoms with Gasteiger partial charge in [0, 0.05) is 18.0 Å². The molecule has 2 aromatic carbocycles. The number of hydrogen-bond acceptors (Lipinski definition) is 4. The van der Waals surface area contributed by atoms with Crippen molar-refractivity contribution in [3.05, 3.63) is 59.7 Å². The molecule has 5 heteroatoms. The summed E-state index contributed by atoms with van der Waals surface area (Å²) in [5.74, 6) is 1.12. The third-order valence-corrected chi connectivity index (χ3v) is 4.46. The van der Waals surface area contributed by atoms with Gasteiger partial charge < -0.3 is 15.2 Å². The number of benzene rings is 2. The number of carbonyl (C=O) groups is 1. The van der Waals surface area contributed by atoms with E-state index in [1.807, 2.05) is 0 Å². The average Bonchev–Trinajstić information content (AvgIpc) is 3.05. The summed E-state index contributed by atoms with van der Waals surface area (Å²) >= 11 is 0. The molecule has 1 fully saturated rings. The highest BCUT2D eigenvalue weighted by molar-refractivity contribution is 5.94. The van der Waals surface area contributed by atoms with Gasteiger partial charge in [-0.15, -0.1) is 0 Å². The number of hydrogen-bond donors (Lipinski definition) is 2. The molecule has 1 amide bonds. The van der Waals surface area contributed by atoms with Crippen molar-refractivity contribution >= 4 is 5.91 Å². The Kier molecular flexibility index (Phi) is 5.32. The zero-order valence-electron chi connectivity index (χ0n) is 13.8. The van der Waals surface area contributed by atoms with Crippen LogP contribution in [0.2, 0.25) is 0 Å². The third-order valence-electron chi connectivity index (χ3n) is 4.46. The molecule has 1 saturated carbocycles. The first-order chi connectivity index (χ1) is 12.2. The van der Waals surface area contributed by atoms with Gasteiger partial charge in [-0.1, -0.05) is 12.5 Å². The van der Waals surface area contributed by atoms with E-state index in [1.165, 1.54) is 0 Å². The summed E-state index contributed by atoms with van der Waals surface area (Å²) in [7, 11) is 0. The lowest BCUT2D eigenvalue weighted by atomic mass is 10.1. The van der Waals surface area contributed by atoms with Crippen molar-refractivity contribution in [1.29, 1.82) is 5.26 Å². The van der Waals surface area contributed by atoms with Crippen molar-refractivity contribution in [3.8, 4) is 17.6 Å². The highest BCUT2D eigenvalue weighted by atomic mass is 16.5. The van der Waals surface area contributed by atoms with Gasteiger partial charge in [-0.3, -0.25) is 4.79 Å². The molecule has 0 aromatic heterocycles. The maximum atomic E-state index is 12.3. The molecule has 2 N–H and O–H groups in total. The summed E-state index contributed by atoms with van der Waals surface area (Å²) in [5.41, 5.74) is 1.08. The molecule has 1 aliphatic rings. The lowest BCUT2D eigenvalue weighted by molar-refractivity contribution is 0.0916. The van der Waals surface area contributed by atoms with Crippen LogP contribution in [-0.2, 0) is 0 Å². The normalized spacial score (nSPS) is 19.2. The van der Waals surface area contributed by atoms with Crippen molar-refractivity contribution in [2.24, 2.45) is 5.92 Å². The first-order valence-corrected chi connectivity index (χ1v) is 8.40. The lowest BCUT2D eigenvalue weighted by Gasteiger charge is -2.15. The van der Waals surface area contributed by atoms with Gasteiger partial charge >= 0.3 is 0 Å². The fraction of sp³-hybridized carbons (Fsp3) is 0.300. The van der Waals surface area contributed by atoms with Crippen molar-refractivity contribution in [1.82, 2.24) is 5.32 Å². The van der Waals surface area contributed by atoms with Crippen LogP contribution in [0.4, 0.5) is 0 Å². The summed E-state index contributed by atoms with van der Waals surface area (Å²) in [6.07, 6.45) is 2.46. The topological polar surface area (TPSA) is 82.3 Å². The Morgan fingerprint density at radius 1 is 1.20 bits per heavy atom. The number of ether oxygens (including phenoxy) is 1. The van der Waals surface area contributed by atoms with Crippen LogP contribution in [0.15, 0.2) is 48.5 Å². The van der Waals surface area contributed by atoms with E-state index >= 15 is 0 Å². The summed E-state index contributed by atoms with van der Waals surface area (Å²) in [6.45, 7) is 0.487. The van der Waals surface area contributed by atoms with Crippen molar-refractivity contribution in [2.45, 2.75) is 25.4 Å². The molecule has 0 saturated heterocycles. The predicted molar refractivity (Wildman–Crippen MR) is 93.4 cm³/mol. The van der Waals surface area contributed by atoms with Crippen LogP contribution in [0.3, 0.4) is 0 Å². The second-order valence-electron chi connectivity index (χ2n) is 6.23. The fourth-order valence-corrected chi connectivity index (χ4v) is 3.02. The molecule has 1 aliphatic carbocycles. The number of nitrogens with one attached hydrogen (secondary N) is 1. The molecular weight excluding hydrogens is 316 g/mol. The molecule has 3 rings (SSSR count). The van der Waals surface area contributed by atoms with Crippen LogP contribution in [-0.4, -0.2) is 23.7 Å². The number of aliphatic hydroxyl groups is 1. The Bertz CT molecular complexity index is 780. The molecule has 0 radical (unpaired) electrons. The van der Waals surface area contributed by atoms with Gasteiger partial charge in [-0.2, -0.15) is 5.26 Å². The second kappa shape index (κ2) is 7.82. The molecule has 2 atom stereocenters. The van der Waals surface area contributed by atoms with E-state index in [0.29, 0.717) is 29.2 Å². The van der Waals surface area contributed by atoms with Gasteiger partial charge in [-0.05, 0) is 55.3 Å². The maximum absolute atomic E-state index is 12.3. The predicted octanol–water partition coefficient (Wildman–Crippen LogP) is 3.24. The molecule has 128 valence electrons. The first kappa shape index (κ1) is 17.0. The van der Waals surface area contributed by atoms with Crippen LogP contribution in [0.25, 0.3) is 0 Å². The van der Waals surface area contributed by atoms with E-state index in [0.717, 1.165) is 19.3 Å². The van der Waals surface area contributed by atoms with Gasteiger partial charge in [0.1, 0.15) is 11.5 Å². The zero-order chi connectivity index (χ0) is 17.6. The Hall–Kier alpha value is -2.84. The minimum absolute atomic E-state index is 0.141. The van der Waals surface area contributed by atoms with Crippen LogP contribution in [0.1, 0.15) is 35.2 Å². The van der Waals surface area contributed by atoms with Crippen molar-refractivity contribution in [2.75, 3.05) is 6.54 Å². The number of amides is 1. The van der Waals surface area contributed by atoms with E-state index in [2.05, 4.69) is 11.4 Å².